The molecule has 0 saturated carbocycles. The van der Waals surface area contributed by atoms with Crippen molar-refractivity contribution in [3.8, 4) is 5.75 Å². The van der Waals surface area contributed by atoms with Crippen LogP contribution in [0.4, 0.5) is 31.1 Å². The van der Waals surface area contributed by atoms with E-state index < -0.39 is 30.3 Å². The molecule has 0 aliphatic heterocycles. The molecule has 1 aromatic rings. The number of rotatable bonds is 6. The Labute approximate surface area is 132 Å². The predicted molar refractivity (Wildman–Crippen MR) is 70.7 cm³/mol. The molecule has 0 bridgehead atoms. The Balaban J connectivity index is 2.68. The minimum absolute atomic E-state index is 0.134. The number of halogens is 6. The molecule has 0 heterocycles. The summed E-state index contributed by atoms with van der Waals surface area (Å²) in [4.78, 5) is 10.9. The number of hydrogen-bond donors (Lipinski definition) is 1. The third-order valence-electron chi connectivity index (χ3n) is 2.36. The molecule has 134 valence electrons. The summed E-state index contributed by atoms with van der Waals surface area (Å²) < 4.78 is 83.0. The number of nitrogens with one attached hydrogen (secondary N) is 1. The van der Waals surface area contributed by atoms with Gasteiger partial charge in [0.25, 0.3) is 6.17 Å². The summed E-state index contributed by atoms with van der Waals surface area (Å²) in [5, 5.41) is 3.48. The lowest BCUT2D eigenvalue weighted by Gasteiger charge is -2.23. The van der Waals surface area contributed by atoms with Gasteiger partial charge in [-0.05, 0) is 36.8 Å². The van der Waals surface area contributed by atoms with Gasteiger partial charge in [0.05, 0.1) is 12.8 Å². The third kappa shape index (κ3) is 5.97. The molecule has 1 amide bonds. The van der Waals surface area contributed by atoms with Crippen LogP contribution in [0.2, 0.25) is 0 Å². The van der Waals surface area contributed by atoms with Crippen LogP contribution in [0, 0.1) is 0 Å². The molecule has 24 heavy (non-hydrogen) atoms. The van der Waals surface area contributed by atoms with E-state index in [2.05, 4.69) is 14.6 Å². The third-order valence-corrected chi connectivity index (χ3v) is 2.36. The number of carbonyl (C=O) groups is 1. The van der Waals surface area contributed by atoms with Gasteiger partial charge in [0.2, 0.25) is 0 Å². The number of benzene rings is 1. The standard InChI is InChI=1S/C13H12F6N2O3/c1-2-23-11(22)21-20-7-8-3-5-9(6-4-8)24-13(18,19)10(14)12(15,16)17/h3-7,10H,2H2,1H3,(H,21,22)/b20-7-/t10-/m1/s1. The van der Waals surface area contributed by atoms with Gasteiger partial charge in [-0.25, -0.2) is 14.6 Å². The second-order valence-corrected chi connectivity index (χ2v) is 4.23. The van der Waals surface area contributed by atoms with Crippen molar-refractivity contribution in [1.82, 2.24) is 5.43 Å². The van der Waals surface area contributed by atoms with Crippen LogP contribution in [-0.4, -0.2) is 37.4 Å². The molecule has 11 heteroatoms. The summed E-state index contributed by atoms with van der Waals surface area (Å²) in [5.74, 6) is -0.678. The molecule has 1 aromatic carbocycles. The topological polar surface area (TPSA) is 59.9 Å². The van der Waals surface area contributed by atoms with Gasteiger partial charge in [0.1, 0.15) is 5.75 Å². The van der Waals surface area contributed by atoms with Crippen molar-refractivity contribution < 1.29 is 40.6 Å². The molecular weight excluding hydrogens is 346 g/mol. The largest absolute Gasteiger partial charge is 0.449 e. The molecule has 0 aliphatic rings. The summed E-state index contributed by atoms with van der Waals surface area (Å²) in [7, 11) is 0. The zero-order valence-corrected chi connectivity index (χ0v) is 12.1. The van der Waals surface area contributed by atoms with Crippen LogP contribution in [0.25, 0.3) is 0 Å². The molecule has 0 saturated heterocycles. The first kappa shape index (κ1) is 19.6. The van der Waals surface area contributed by atoms with E-state index in [1.807, 2.05) is 5.43 Å². The van der Waals surface area contributed by atoms with Gasteiger partial charge in [-0.3, -0.25) is 0 Å². The second-order valence-electron chi connectivity index (χ2n) is 4.23. The highest BCUT2D eigenvalue weighted by atomic mass is 19.4. The van der Waals surface area contributed by atoms with E-state index in [-0.39, 0.29) is 6.61 Å². The monoisotopic (exact) mass is 358 g/mol. The molecule has 0 radical (unpaired) electrons. The lowest BCUT2D eigenvalue weighted by Crippen LogP contribution is -2.45. The summed E-state index contributed by atoms with van der Waals surface area (Å²) in [6.45, 7) is 1.72. The average molecular weight is 358 g/mol. The number of hydrogen-bond acceptors (Lipinski definition) is 4. The van der Waals surface area contributed by atoms with E-state index in [1.165, 1.54) is 0 Å². The molecule has 1 atom stereocenters. The van der Waals surface area contributed by atoms with Crippen molar-refractivity contribution in [2.24, 2.45) is 5.10 Å². The Morgan fingerprint density at radius 1 is 1.25 bits per heavy atom. The van der Waals surface area contributed by atoms with Gasteiger partial charge in [-0.2, -0.15) is 27.1 Å². The van der Waals surface area contributed by atoms with Crippen molar-refractivity contribution in [3.63, 3.8) is 0 Å². The van der Waals surface area contributed by atoms with Crippen LogP contribution >= 0.6 is 0 Å². The zero-order valence-electron chi connectivity index (χ0n) is 12.1. The van der Waals surface area contributed by atoms with Gasteiger partial charge in [-0.1, -0.05) is 0 Å². The van der Waals surface area contributed by atoms with Crippen molar-refractivity contribution in [2.75, 3.05) is 6.61 Å². The maximum Gasteiger partial charge on any atom is 0.439 e. The Bertz CT molecular complexity index is 574. The Morgan fingerprint density at radius 2 is 1.83 bits per heavy atom. The lowest BCUT2D eigenvalue weighted by molar-refractivity contribution is -0.304. The fourth-order valence-electron chi connectivity index (χ4n) is 1.34. The number of ether oxygens (including phenoxy) is 2. The molecule has 0 spiro atoms. The highest BCUT2D eigenvalue weighted by molar-refractivity contribution is 5.81. The first-order valence-electron chi connectivity index (χ1n) is 6.39. The van der Waals surface area contributed by atoms with E-state index >= 15 is 0 Å². The number of nitrogens with zero attached hydrogens (tertiary/aromatic N) is 1. The van der Waals surface area contributed by atoms with Crippen molar-refractivity contribution in [2.45, 2.75) is 25.4 Å². The van der Waals surface area contributed by atoms with Gasteiger partial charge in [0, 0.05) is 0 Å². The van der Waals surface area contributed by atoms with E-state index in [1.54, 1.807) is 6.92 Å². The summed E-state index contributed by atoms with van der Waals surface area (Å²) in [6, 6.07) is 4.09. The van der Waals surface area contributed by atoms with E-state index in [0.717, 1.165) is 30.5 Å². The van der Waals surface area contributed by atoms with Gasteiger partial charge < -0.3 is 9.47 Å². The first-order valence-corrected chi connectivity index (χ1v) is 6.39. The molecule has 0 aromatic heterocycles. The summed E-state index contributed by atoms with van der Waals surface area (Å²) in [6.07, 6.45) is -15.0. The molecule has 1 rings (SSSR count). The summed E-state index contributed by atoms with van der Waals surface area (Å²) in [5.41, 5.74) is 2.30. The first-order chi connectivity index (χ1) is 11.1. The molecule has 0 unspecified atom stereocenters. The maximum atomic E-state index is 13.1. The van der Waals surface area contributed by atoms with Crippen molar-refractivity contribution >= 4 is 12.3 Å². The minimum Gasteiger partial charge on any atom is -0.449 e. The zero-order chi connectivity index (χ0) is 18.4. The normalized spacial score (nSPS) is 13.6. The fraction of sp³-hybridized carbons (Fsp3) is 0.385. The number of carbonyl (C=O) groups excluding carboxylic acids is 1. The van der Waals surface area contributed by atoms with Crippen LogP contribution in [-0.2, 0) is 4.74 Å². The number of hydrazone groups is 1. The smallest absolute Gasteiger partial charge is 0.439 e. The van der Waals surface area contributed by atoms with Gasteiger partial charge in [-0.15, -0.1) is 0 Å². The van der Waals surface area contributed by atoms with Crippen molar-refractivity contribution in [1.29, 1.82) is 0 Å². The fourth-order valence-corrected chi connectivity index (χ4v) is 1.34. The van der Waals surface area contributed by atoms with Gasteiger partial charge in [0.15, 0.2) is 0 Å². The average Bonchev–Trinajstić information content (AvgIpc) is 2.47. The molecule has 5 nitrogen and oxygen atoms in total. The lowest BCUT2D eigenvalue weighted by atomic mass is 10.2. The molecule has 0 fully saturated rings. The highest BCUT2D eigenvalue weighted by Crippen LogP contribution is 2.36. The quantitative estimate of drug-likeness (QED) is 0.480. The van der Waals surface area contributed by atoms with E-state index in [4.69, 9.17) is 0 Å². The summed E-state index contributed by atoms with van der Waals surface area (Å²) >= 11 is 0. The number of amides is 1. The molecular formula is C13H12F6N2O3. The minimum atomic E-state index is -5.76. The maximum absolute atomic E-state index is 13.1. The molecule has 0 aliphatic carbocycles. The predicted octanol–water partition coefficient (Wildman–Crippen LogP) is 3.64. The Morgan fingerprint density at radius 3 is 2.33 bits per heavy atom. The van der Waals surface area contributed by atoms with E-state index in [9.17, 15) is 31.1 Å². The molecule has 1 N–H and O–H groups in total. The second kappa shape index (κ2) is 7.88. The van der Waals surface area contributed by atoms with Crippen molar-refractivity contribution in [3.05, 3.63) is 29.8 Å². The van der Waals surface area contributed by atoms with E-state index in [0.29, 0.717) is 5.56 Å². The Hall–Kier alpha value is -2.46. The SMILES string of the molecule is CCOC(=O)N/N=C\c1ccc(OC(F)(F)[C@H](F)C(F)(F)F)cc1. The van der Waals surface area contributed by atoms with Crippen LogP contribution in [0.3, 0.4) is 0 Å². The van der Waals surface area contributed by atoms with Crippen LogP contribution in [0.5, 0.6) is 5.75 Å². The van der Waals surface area contributed by atoms with Crippen LogP contribution < -0.4 is 10.2 Å². The highest BCUT2D eigenvalue weighted by Gasteiger charge is 2.59. The Kier molecular flexibility index (Phi) is 6.43. The number of alkyl halides is 6. The van der Waals surface area contributed by atoms with Crippen LogP contribution in [0.1, 0.15) is 12.5 Å². The van der Waals surface area contributed by atoms with Crippen LogP contribution in [0.15, 0.2) is 29.4 Å². The van der Waals surface area contributed by atoms with Gasteiger partial charge >= 0.3 is 18.4 Å².